The maximum atomic E-state index is 12.9. The fourth-order valence-corrected chi connectivity index (χ4v) is 8.79. The van der Waals surface area contributed by atoms with Crippen molar-refractivity contribution in [1.29, 1.82) is 0 Å². The Labute approximate surface area is 458 Å². The van der Waals surface area contributed by atoms with Gasteiger partial charge >= 0.3 is 17.9 Å². The molecule has 0 amide bonds. The number of esters is 3. The minimum absolute atomic E-state index is 0.0870. The smallest absolute Gasteiger partial charge is 0.306 e. The molecule has 0 fully saturated rings. The molecule has 426 valence electrons. The van der Waals surface area contributed by atoms with Crippen molar-refractivity contribution in [3.63, 3.8) is 0 Å². The van der Waals surface area contributed by atoms with Gasteiger partial charge in [-0.25, -0.2) is 0 Å². The lowest BCUT2D eigenvalue weighted by molar-refractivity contribution is -0.167. The van der Waals surface area contributed by atoms with E-state index in [0.717, 1.165) is 122 Å². The van der Waals surface area contributed by atoms with Crippen LogP contribution in [0, 0.1) is 0 Å². The van der Waals surface area contributed by atoms with Gasteiger partial charge in [-0.05, 0) is 116 Å². The maximum absolute atomic E-state index is 12.9. The molecule has 0 heterocycles. The quantitative estimate of drug-likeness (QED) is 0.0261. The van der Waals surface area contributed by atoms with Crippen LogP contribution < -0.4 is 0 Å². The Kier molecular flexibility index (Phi) is 59.3. The Morgan fingerprint density at radius 3 is 0.824 bits per heavy atom. The average molecular weight is 1030 g/mol. The molecule has 6 nitrogen and oxygen atoms in total. The number of allylic oxidation sites excluding steroid dienone is 14. The topological polar surface area (TPSA) is 78.9 Å². The molecule has 0 saturated carbocycles. The summed E-state index contributed by atoms with van der Waals surface area (Å²) in [6, 6.07) is 0. The Morgan fingerprint density at radius 1 is 0.270 bits per heavy atom. The lowest BCUT2D eigenvalue weighted by atomic mass is 10.0. The van der Waals surface area contributed by atoms with Crippen LogP contribution in [0.2, 0.25) is 0 Å². The van der Waals surface area contributed by atoms with Crippen molar-refractivity contribution in [2.24, 2.45) is 0 Å². The van der Waals surface area contributed by atoms with E-state index in [0.29, 0.717) is 19.3 Å². The van der Waals surface area contributed by atoms with Crippen LogP contribution in [0.5, 0.6) is 0 Å². The van der Waals surface area contributed by atoms with Crippen LogP contribution >= 0.6 is 0 Å². The molecule has 0 radical (unpaired) electrons. The van der Waals surface area contributed by atoms with Gasteiger partial charge in [-0.2, -0.15) is 0 Å². The van der Waals surface area contributed by atoms with Gasteiger partial charge in [-0.3, -0.25) is 14.4 Å². The van der Waals surface area contributed by atoms with E-state index in [1.165, 1.54) is 148 Å². The van der Waals surface area contributed by atoms with Crippen LogP contribution in [0.1, 0.15) is 310 Å². The number of rotatable bonds is 57. The molecule has 0 aliphatic heterocycles. The zero-order valence-corrected chi connectivity index (χ0v) is 48.8. The molecule has 0 N–H and O–H groups in total. The van der Waals surface area contributed by atoms with Gasteiger partial charge in [0.05, 0.1) is 0 Å². The van der Waals surface area contributed by atoms with Gasteiger partial charge in [0, 0.05) is 19.3 Å². The normalized spacial score (nSPS) is 12.6. The number of hydrogen-bond acceptors (Lipinski definition) is 6. The van der Waals surface area contributed by atoms with Crippen molar-refractivity contribution in [3.8, 4) is 0 Å². The first-order valence-corrected chi connectivity index (χ1v) is 31.6. The molecule has 0 aromatic heterocycles. The van der Waals surface area contributed by atoms with E-state index in [9.17, 15) is 14.4 Å². The summed E-state index contributed by atoms with van der Waals surface area (Å²) in [5, 5.41) is 0. The van der Waals surface area contributed by atoms with Gasteiger partial charge in [-0.1, -0.05) is 260 Å². The largest absolute Gasteiger partial charge is 0.462 e. The monoisotopic (exact) mass is 1030 g/mol. The molecule has 1 atom stereocenters. The van der Waals surface area contributed by atoms with Gasteiger partial charge in [-0.15, -0.1) is 0 Å². The van der Waals surface area contributed by atoms with Gasteiger partial charge in [0.2, 0.25) is 0 Å². The molecule has 0 bridgehead atoms. The van der Waals surface area contributed by atoms with E-state index in [1.54, 1.807) is 0 Å². The summed E-state index contributed by atoms with van der Waals surface area (Å²) >= 11 is 0. The van der Waals surface area contributed by atoms with Crippen molar-refractivity contribution < 1.29 is 28.6 Å². The lowest BCUT2D eigenvalue weighted by Gasteiger charge is -2.18. The van der Waals surface area contributed by atoms with E-state index < -0.39 is 6.10 Å². The molecule has 0 aliphatic carbocycles. The standard InChI is InChI=1S/C68H118O6/c1-4-7-10-13-16-19-22-25-28-29-30-31-32-33-34-35-36-37-38-39-41-43-46-49-52-55-58-61-67(70)73-64-65(63-72-66(69)60-57-54-51-48-45-42-27-24-21-18-15-12-9-6-3)74-68(71)62-59-56-53-50-47-44-40-26-23-20-17-14-11-8-5-2/h15,17-18,20,22,24-27,29-30,32-33,40,65H,4-14,16,19,21,23,28,31,34-39,41-64H2,1-3H3/b18-15-,20-17-,25-22-,27-24-,30-29-,33-32-,40-26-. The van der Waals surface area contributed by atoms with E-state index >= 15 is 0 Å². The second-order valence-electron chi connectivity index (χ2n) is 21.0. The highest BCUT2D eigenvalue weighted by atomic mass is 16.6. The summed E-state index contributed by atoms with van der Waals surface area (Å²) in [4.78, 5) is 38.2. The highest BCUT2D eigenvalue weighted by Crippen LogP contribution is 2.16. The SMILES string of the molecule is CCCC/C=C\C/C=C\CCCCCCCC(=O)OCC(COC(=O)CCCCCCCCCCCCCC/C=C\C/C=C\C/C=C\CCCCCCC)OC(=O)CCCCCCC/C=C\C/C=C\CCCCC. The minimum Gasteiger partial charge on any atom is -0.462 e. The van der Waals surface area contributed by atoms with Crippen LogP contribution in [0.25, 0.3) is 0 Å². The first-order valence-electron chi connectivity index (χ1n) is 31.6. The number of carbonyl (C=O) groups is 3. The fourth-order valence-electron chi connectivity index (χ4n) is 8.79. The molecule has 0 aromatic carbocycles. The average Bonchev–Trinajstić information content (AvgIpc) is 3.40. The Hall–Kier alpha value is -3.41. The summed E-state index contributed by atoms with van der Waals surface area (Å²) < 4.78 is 16.9. The van der Waals surface area contributed by atoms with E-state index in [-0.39, 0.29) is 31.1 Å². The Morgan fingerprint density at radius 2 is 0.500 bits per heavy atom. The number of hydrogen-bond donors (Lipinski definition) is 0. The van der Waals surface area contributed by atoms with E-state index in [2.05, 4.69) is 106 Å². The highest BCUT2D eigenvalue weighted by Gasteiger charge is 2.19. The summed E-state index contributed by atoms with van der Waals surface area (Å²) in [5.74, 6) is -0.908. The Balaban J connectivity index is 4.29. The summed E-state index contributed by atoms with van der Waals surface area (Å²) in [7, 11) is 0. The van der Waals surface area contributed by atoms with Crippen LogP contribution in [0.15, 0.2) is 85.1 Å². The second-order valence-corrected chi connectivity index (χ2v) is 21.0. The number of carbonyl (C=O) groups excluding carboxylic acids is 3. The maximum Gasteiger partial charge on any atom is 0.306 e. The minimum atomic E-state index is -0.791. The van der Waals surface area contributed by atoms with Crippen molar-refractivity contribution in [2.75, 3.05) is 13.2 Å². The van der Waals surface area contributed by atoms with Crippen molar-refractivity contribution in [2.45, 2.75) is 316 Å². The zero-order valence-electron chi connectivity index (χ0n) is 48.8. The molecule has 0 saturated heterocycles. The predicted octanol–water partition coefficient (Wildman–Crippen LogP) is 21.5. The Bertz CT molecular complexity index is 1420. The molecule has 74 heavy (non-hydrogen) atoms. The van der Waals surface area contributed by atoms with Gasteiger partial charge in [0.1, 0.15) is 13.2 Å². The number of ether oxygens (including phenoxy) is 3. The van der Waals surface area contributed by atoms with Gasteiger partial charge in [0.15, 0.2) is 6.10 Å². The van der Waals surface area contributed by atoms with Gasteiger partial charge in [0.25, 0.3) is 0 Å². The van der Waals surface area contributed by atoms with Crippen molar-refractivity contribution in [3.05, 3.63) is 85.1 Å². The fraction of sp³-hybridized carbons (Fsp3) is 0.750. The van der Waals surface area contributed by atoms with Crippen LogP contribution in [-0.2, 0) is 28.6 Å². The van der Waals surface area contributed by atoms with Crippen LogP contribution in [0.3, 0.4) is 0 Å². The van der Waals surface area contributed by atoms with Crippen molar-refractivity contribution in [1.82, 2.24) is 0 Å². The lowest BCUT2D eigenvalue weighted by Crippen LogP contribution is -2.30. The molecule has 0 spiro atoms. The predicted molar refractivity (Wildman–Crippen MR) is 321 cm³/mol. The zero-order chi connectivity index (χ0) is 53.6. The third-order valence-corrected chi connectivity index (χ3v) is 13.6. The molecule has 6 heteroatoms. The number of unbranched alkanes of at least 4 members (excludes halogenated alkanes) is 32. The molecule has 0 rings (SSSR count). The summed E-state index contributed by atoms with van der Waals surface area (Å²) in [6.07, 6.45) is 81.6. The van der Waals surface area contributed by atoms with E-state index in [4.69, 9.17) is 14.2 Å². The van der Waals surface area contributed by atoms with Crippen molar-refractivity contribution >= 4 is 17.9 Å². The summed E-state index contributed by atoms with van der Waals surface area (Å²) in [5.41, 5.74) is 0. The molecular weight excluding hydrogens is 913 g/mol. The molecule has 0 aliphatic rings. The first kappa shape index (κ1) is 70.6. The second kappa shape index (κ2) is 62.1. The molecule has 0 aromatic rings. The molecule has 1 unspecified atom stereocenters. The van der Waals surface area contributed by atoms with Crippen LogP contribution in [0.4, 0.5) is 0 Å². The third kappa shape index (κ3) is 59.5. The van der Waals surface area contributed by atoms with Crippen LogP contribution in [-0.4, -0.2) is 37.2 Å². The summed E-state index contributed by atoms with van der Waals surface area (Å²) in [6.45, 7) is 6.56. The van der Waals surface area contributed by atoms with E-state index in [1.807, 2.05) is 0 Å². The molecular formula is C68H118O6. The first-order chi connectivity index (χ1) is 36.5. The highest BCUT2D eigenvalue weighted by molar-refractivity contribution is 5.71. The van der Waals surface area contributed by atoms with Gasteiger partial charge < -0.3 is 14.2 Å². The third-order valence-electron chi connectivity index (χ3n) is 13.6.